The summed E-state index contributed by atoms with van der Waals surface area (Å²) in [6, 6.07) is 10.2. The lowest BCUT2D eigenvalue weighted by atomic mass is 9.48. The van der Waals surface area contributed by atoms with Crippen LogP contribution in [0.3, 0.4) is 0 Å². The summed E-state index contributed by atoms with van der Waals surface area (Å²) in [5.41, 5.74) is 0.743. The minimum absolute atomic E-state index is 0.0667. The van der Waals surface area contributed by atoms with Gasteiger partial charge in [0.25, 0.3) is 6.01 Å². The molecule has 5 aromatic rings. The van der Waals surface area contributed by atoms with Crippen LogP contribution < -0.4 is 9.47 Å². The highest BCUT2D eigenvalue weighted by atomic mass is 79.9. The molecule has 0 aliphatic heterocycles. The Labute approximate surface area is 262 Å². The zero-order valence-electron chi connectivity index (χ0n) is 23.5. The van der Waals surface area contributed by atoms with E-state index in [4.69, 9.17) is 18.6 Å². The normalized spacial score (nSPS) is 12.8. The van der Waals surface area contributed by atoms with Crippen molar-refractivity contribution in [3.63, 3.8) is 0 Å². The number of rotatable bonds is 11. The van der Waals surface area contributed by atoms with Gasteiger partial charge in [-0.15, -0.1) is 11.3 Å². The molecular weight excluding hydrogens is 670 g/mol. The number of esters is 1. The second kappa shape index (κ2) is 12.6. The van der Waals surface area contributed by atoms with E-state index in [1.54, 1.807) is 46.9 Å². The van der Waals surface area contributed by atoms with E-state index in [1.165, 1.54) is 42.1 Å². The van der Waals surface area contributed by atoms with Gasteiger partial charge in [0, 0.05) is 12.3 Å². The first-order valence-corrected chi connectivity index (χ1v) is 14.8. The average Bonchev–Trinajstić information content (AvgIpc) is 3.68. The second-order valence-corrected chi connectivity index (χ2v) is 11.9. The van der Waals surface area contributed by atoms with Crippen LogP contribution in [0, 0.1) is 6.01 Å². The Morgan fingerprint density at radius 3 is 2.64 bits per heavy atom. The lowest BCUT2D eigenvalue weighted by Gasteiger charge is -2.34. The largest absolute Gasteiger partial charge is 0.487 e. The van der Waals surface area contributed by atoms with Gasteiger partial charge in [-0.3, -0.25) is 4.68 Å². The summed E-state index contributed by atoms with van der Waals surface area (Å²) >= 11 is 4.75. The van der Waals surface area contributed by atoms with Crippen LogP contribution in [0.5, 0.6) is 11.6 Å². The van der Waals surface area contributed by atoms with Crippen molar-refractivity contribution in [1.82, 2.24) is 19.7 Å². The number of aromatic nitrogens is 4. The number of nitrogens with zero attached hydrogens (tertiary/aromatic N) is 4. The summed E-state index contributed by atoms with van der Waals surface area (Å²) in [6.45, 7) is 0.271. The Kier molecular flexibility index (Phi) is 9.07. The Bertz CT molecular complexity index is 1800. The maximum Gasteiger partial charge on any atom is 0.408 e. The topological polar surface area (TPSA) is 102 Å². The van der Waals surface area contributed by atoms with Gasteiger partial charge < -0.3 is 18.6 Å². The zero-order chi connectivity index (χ0) is 31.6. The third kappa shape index (κ3) is 6.62. The highest BCUT2D eigenvalue weighted by molar-refractivity contribution is 9.10. The maximum atomic E-state index is 13.6. The van der Waals surface area contributed by atoms with Gasteiger partial charge in [-0.25, -0.2) is 14.8 Å². The van der Waals surface area contributed by atoms with Crippen LogP contribution in [0.25, 0.3) is 20.9 Å². The molecule has 228 valence electrons. The molecular formula is C27H23B2BrF4N4O5S. The van der Waals surface area contributed by atoms with Gasteiger partial charge in [0.1, 0.15) is 51.5 Å². The Morgan fingerprint density at radius 1 is 1.16 bits per heavy atom. The van der Waals surface area contributed by atoms with Crippen molar-refractivity contribution in [3.05, 3.63) is 76.7 Å². The first kappa shape index (κ1) is 31.6. The molecule has 9 nitrogen and oxygen atoms in total. The summed E-state index contributed by atoms with van der Waals surface area (Å²) in [7, 11) is 3.51. The molecule has 1 unspecified atom stereocenters. The lowest BCUT2D eigenvalue weighted by molar-refractivity contribution is -0.152. The molecule has 1 atom stereocenters. The summed E-state index contributed by atoms with van der Waals surface area (Å²) in [5, 5.41) is 3.07. The van der Waals surface area contributed by atoms with E-state index in [0.717, 1.165) is 4.68 Å². The number of carbonyl (C=O) groups excluding carboxylic acids is 1. The van der Waals surface area contributed by atoms with Crippen LogP contribution in [-0.4, -0.2) is 60.3 Å². The Balaban J connectivity index is 1.49. The number of para-hydroxylation sites is 1. The molecule has 0 N–H and O–H groups in total. The number of fused-ring (bicyclic) bond motifs is 1. The molecule has 0 aliphatic rings. The molecule has 0 fully saturated rings. The van der Waals surface area contributed by atoms with Crippen LogP contribution in [0.1, 0.15) is 18.2 Å². The van der Waals surface area contributed by atoms with Gasteiger partial charge in [-0.1, -0.05) is 18.2 Å². The first-order chi connectivity index (χ1) is 20.9. The van der Waals surface area contributed by atoms with Crippen molar-refractivity contribution >= 4 is 59.1 Å². The number of hydrogen-bond acceptors (Lipinski definition) is 9. The molecule has 4 aromatic heterocycles. The fraction of sp³-hybridized carbons (Fsp3) is 0.259. The monoisotopic (exact) mass is 692 g/mol. The quantitative estimate of drug-likeness (QED) is 0.112. The zero-order valence-corrected chi connectivity index (χ0v) is 25.9. The molecule has 0 saturated carbocycles. The fourth-order valence-corrected chi connectivity index (χ4v) is 6.50. The molecule has 0 aliphatic carbocycles. The fourth-order valence-electron chi connectivity index (χ4n) is 4.59. The summed E-state index contributed by atoms with van der Waals surface area (Å²) in [6.07, 6.45) is -3.17. The predicted molar refractivity (Wildman–Crippen MR) is 162 cm³/mol. The lowest BCUT2D eigenvalue weighted by Crippen LogP contribution is -2.50. The van der Waals surface area contributed by atoms with Crippen LogP contribution in [-0.2, 0) is 27.9 Å². The third-order valence-corrected chi connectivity index (χ3v) is 8.84. The van der Waals surface area contributed by atoms with Crippen LogP contribution in [0.2, 0.25) is 0 Å². The second-order valence-electron chi connectivity index (χ2n) is 10.1. The summed E-state index contributed by atoms with van der Waals surface area (Å²) < 4.78 is 76.8. The van der Waals surface area contributed by atoms with E-state index in [-0.39, 0.29) is 30.5 Å². The molecule has 1 aromatic carbocycles. The van der Waals surface area contributed by atoms with Crippen LogP contribution in [0.4, 0.5) is 17.6 Å². The highest BCUT2D eigenvalue weighted by Crippen LogP contribution is 2.45. The van der Waals surface area contributed by atoms with Crippen LogP contribution >= 0.6 is 27.3 Å². The minimum atomic E-state index is -4.45. The van der Waals surface area contributed by atoms with E-state index in [9.17, 15) is 22.4 Å². The van der Waals surface area contributed by atoms with Crippen molar-refractivity contribution in [2.75, 3.05) is 6.61 Å². The van der Waals surface area contributed by atoms with Crippen molar-refractivity contribution in [2.24, 2.45) is 0 Å². The van der Waals surface area contributed by atoms with E-state index in [1.807, 2.05) is 0 Å². The van der Waals surface area contributed by atoms with Gasteiger partial charge >= 0.3 is 12.1 Å². The van der Waals surface area contributed by atoms with Gasteiger partial charge in [0.2, 0.25) is 5.88 Å². The maximum absolute atomic E-state index is 13.6. The number of ether oxygens (including phenoxy) is 3. The standard InChI is InChI=1S/C27H23B2BrF4N4O5S/c1-2-40-25(39)22(43-23-19-20(30)21(17-7-8-18(31)42-17)44-24(19)36-13-35-23)27(28,29)15-5-3-4-6-16(15)41-11-14-9-10-37-38(14)12-26(32,33)34/h3-10,13,22H,2,11-12,28-29H2,1H3. The molecule has 0 spiro atoms. The van der Waals surface area contributed by atoms with Crippen molar-refractivity contribution in [3.8, 4) is 22.3 Å². The van der Waals surface area contributed by atoms with Gasteiger partial charge in [-0.05, 0) is 51.8 Å². The Morgan fingerprint density at radius 2 is 1.93 bits per heavy atom. The predicted octanol–water partition coefficient (Wildman–Crippen LogP) is 4.62. The summed E-state index contributed by atoms with van der Waals surface area (Å²) in [5.74, 6) is -0.0194. The van der Waals surface area contributed by atoms with Gasteiger partial charge in [0.15, 0.2) is 6.10 Å². The molecule has 17 heteroatoms. The molecule has 4 heterocycles. The molecule has 0 amide bonds. The van der Waals surface area contributed by atoms with Crippen LogP contribution in [0.15, 0.2) is 63.9 Å². The average molecular weight is 693 g/mol. The highest BCUT2D eigenvalue weighted by Gasteiger charge is 2.42. The first-order valence-electron chi connectivity index (χ1n) is 13.2. The SMILES string of the molecule is BC(B)(c1ccccc1OCc1ccnn1CC(F)(F)F)C(Oc1ncnc2sc(-c3ccc(F)o3)c(Br)c12)C(=O)OCC. The van der Waals surface area contributed by atoms with Crippen molar-refractivity contribution in [2.45, 2.75) is 37.6 Å². The number of thiophene rings is 1. The number of hydrogen-bond donors (Lipinski definition) is 0. The molecule has 0 bridgehead atoms. The Hall–Kier alpha value is -3.85. The molecule has 0 radical (unpaired) electrons. The molecule has 0 saturated heterocycles. The molecule has 5 rings (SSSR count). The van der Waals surface area contributed by atoms with E-state index in [0.29, 0.717) is 30.9 Å². The van der Waals surface area contributed by atoms with E-state index < -0.39 is 36.0 Å². The van der Waals surface area contributed by atoms with E-state index in [2.05, 4.69) is 31.0 Å². The number of benzene rings is 1. The number of carbonyl (C=O) groups is 1. The smallest absolute Gasteiger partial charge is 0.408 e. The summed E-state index contributed by atoms with van der Waals surface area (Å²) in [4.78, 5) is 23.1. The minimum Gasteiger partial charge on any atom is -0.487 e. The number of furan rings is 1. The third-order valence-electron chi connectivity index (χ3n) is 6.67. The van der Waals surface area contributed by atoms with Crippen molar-refractivity contribution in [1.29, 1.82) is 0 Å². The number of halogens is 5. The van der Waals surface area contributed by atoms with E-state index >= 15 is 0 Å². The molecule has 44 heavy (non-hydrogen) atoms. The van der Waals surface area contributed by atoms with Gasteiger partial charge in [0.05, 0.1) is 27.0 Å². The number of alkyl halides is 3. The van der Waals surface area contributed by atoms with Crippen molar-refractivity contribution < 1.29 is 41.0 Å². The van der Waals surface area contributed by atoms with Gasteiger partial charge in [-0.2, -0.15) is 22.7 Å².